The largest absolute Gasteiger partial charge is 0.493 e. The summed E-state index contributed by atoms with van der Waals surface area (Å²) >= 11 is 0. The SMILES string of the molecule is COc1ccccc1OCCN(C)C(C)(C)C(=O)O. The maximum absolute atomic E-state index is 11.1. The molecule has 0 aliphatic heterocycles. The van der Waals surface area contributed by atoms with Crippen LogP contribution in [0.25, 0.3) is 0 Å². The van der Waals surface area contributed by atoms with Crippen LogP contribution in [0, 0.1) is 0 Å². The van der Waals surface area contributed by atoms with Gasteiger partial charge in [-0.1, -0.05) is 12.1 Å². The molecule has 0 heterocycles. The van der Waals surface area contributed by atoms with Crippen molar-refractivity contribution in [1.29, 1.82) is 0 Å². The highest BCUT2D eigenvalue weighted by atomic mass is 16.5. The van der Waals surface area contributed by atoms with E-state index >= 15 is 0 Å². The smallest absolute Gasteiger partial charge is 0.323 e. The van der Waals surface area contributed by atoms with E-state index < -0.39 is 11.5 Å². The number of likely N-dealkylation sites (N-methyl/N-ethyl adjacent to an activating group) is 1. The lowest BCUT2D eigenvalue weighted by Gasteiger charge is -2.31. The Kier molecular flexibility index (Phi) is 5.18. The monoisotopic (exact) mass is 267 g/mol. The quantitative estimate of drug-likeness (QED) is 0.817. The molecule has 0 bridgehead atoms. The van der Waals surface area contributed by atoms with Crippen LogP contribution in [-0.4, -0.2) is 48.8 Å². The minimum Gasteiger partial charge on any atom is -0.493 e. The van der Waals surface area contributed by atoms with Crippen molar-refractivity contribution in [3.63, 3.8) is 0 Å². The Morgan fingerprint density at radius 1 is 1.32 bits per heavy atom. The average molecular weight is 267 g/mol. The number of carboxylic acids is 1. The molecule has 5 heteroatoms. The molecule has 0 spiro atoms. The third-order valence-corrected chi connectivity index (χ3v) is 3.23. The normalized spacial score (nSPS) is 11.4. The topological polar surface area (TPSA) is 59.0 Å². The molecule has 0 unspecified atom stereocenters. The summed E-state index contributed by atoms with van der Waals surface area (Å²) in [6, 6.07) is 7.37. The first kappa shape index (κ1) is 15.3. The molecule has 0 saturated heterocycles. The van der Waals surface area contributed by atoms with Gasteiger partial charge in [0.2, 0.25) is 0 Å². The zero-order valence-electron chi connectivity index (χ0n) is 11.8. The van der Waals surface area contributed by atoms with E-state index in [1.54, 1.807) is 32.9 Å². The minimum absolute atomic E-state index is 0.396. The van der Waals surface area contributed by atoms with Gasteiger partial charge >= 0.3 is 5.97 Å². The lowest BCUT2D eigenvalue weighted by atomic mass is 10.0. The van der Waals surface area contributed by atoms with Gasteiger partial charge in [-0.05, 0) is 33.0 Å². The first-order valence-corrected chi connectivity index (χ1v) is 6.10. The van der Waals surface area contributed by atoms with E-state index in [4.69, 9.17) is 14.6 Å². The van der Waals surface area contributed by atoms with Crippen LogP contribution in [0.1, 0.15) is 13.8 Å². The van der Waals surface area contributed by atoms with Gasteiger partial charge in [0, 0.05) is 6.54 Å². The van der Waals surface area contributed by atoms with Crippen molar-refractivity contribution < 1.29 is 19.4 Å². The Hall–Kier alpha value is -1.75. The molecular weight excluding hydrogens is 246 g/mol. The van der Waals surface area contributed by atoms with Crippen molar-refractivity contribution >= 4 is 5.97 Å². The summed E-state index contributed by atoms with van der Waals surface area (Å²) in [5, 5.41) is 9.11. The fourth-order valence-corrected chi connectivity index (χ4v) is 1.47. The number of nitrogens with zero attached hydrogens (tertiary/aromatic N) is 1. The van der Waals surface area contributed by atoms with Crippen LogP contribution in [0.15, 0.2) is 24.3 Å². The second-order valence-electron chi connectivity index (χ2n) is 4.79. The van der Waals surface area contributed by atoms with Gasteiger partial charge in [0.1, 0.15) is 12.1 Å². The number of benzene rings is 1. The van der Waals surface area contributed by atoms with E-state index in [9.17, 15) is 4.79 Å². The van der Waals surface area contributed by atoms with Crippen molar-refractivity contribution in [3.8, 4) is 11.5 Å². The highest BCUT2D eigenvalue weighted by molar-refractivity contribution is 5.77. The lowest BCUT2D eigenvalue weighted by Crippen LogP contribution is -2.49. The number of hydrogen-bond donors (Lipinski definition) is 1. The highest BCUT2D eigenvalue weighted by Crippen LogP contribution is 2.25. The van der Waals surface area contributed by atoms with Crippen LogP contribution in [0.3, 0.4) is 0 Å². The van der Waals surface area contributed by atoms with E-state index in [-0.39, 0.29) is 0 Å². The number of hydrogen-bond acceptors (Lipinski definition) is 4. The molecule has 1 aromatic carbocycles. The van der Waals surface area contributed by atoms with Gasteiger partial charge < -0.3 is 14.6 Å². The third-order valence-electron chi connectivity index (χ3n) is 3.23. The lowest BCUT2D eigenvalue weighted by molar-refractivity contribution is -0.148. The molecule has 0 saturated carbocycles. The van der Waals surface area contributed by atoms with Crippen LogP contribution in [0.2, 0.25) is 0 Å². The summed E-state index contributed by atoms with van der Waals surface area (Å²) in [7, 11) is 3.35. The van der Waals surface area contributed by atoms with E-state index in [0.29, 0.717) is 24.7 Å². The van der Waals surface area contributed by atoms with Gasteiger partial charge in [0.25, 0.3) is 0 Å². The number of rotatable bonds is 7. The molecule has 0 radical (unpaired) electrons. The number of carboxylic acid groups (broad SMARTS) is 1. The standard InChI is InChI=1S/C14H21NO4/c1-14(2,13(16)17)15(3)9-10-19-12-8-6-5-7-11(12)18-4/h5-8H,9-10H2,1-4H3,(H,16,17). The number of para-hydroxylation sites is 2. The fourth-order valence-electron chi connectivity index (χ4n) is 1.47. The summed E-state index contributed by atoms with van der Waals surface area (Å²) in [4.78, 5) is 12.8. The molecule has 0 aliphatic carbocycles. The number of methoxy groups -OCH3 is 1. The average Bonchev–Trinajstić information content (AvgIpc) is 2.38. The Morgan fingerprint density at radius 2 is 1.89 bits per heavy atom. The zero-order chi connectivity index (χ0) is 14.5. The van der Waals surface area contributed by atoms with Crippen molar-refractivity contribution in [1.82, 2.24) is 4.90 Å². The predicted molar refractivity (Wildman–Crippen MR) is 72.8 cm³/mol. The molecule has 0 aliphatic rings. The van der Waals surface area contributed by atoms with Crippen LogP contribution in [0.4, 0.5) is 0 Å². The van der Waals surface area contributed by atoms with Crippen molar-refractivity contribution in [2.24, 2.45) is 0 Å². The van der Waals surface area contributed by atoms with Crippen molar-refractivity contribution in [2.45, 2.75) is 19.4 Å². The molecule has 106 valence electrons. The predicted octanol–water partition coefficient (Wildman–Crippen LogP) is 1.87. The van der Waals surface area contributed by atoms with Gasteiger partial charge in [-0.2, -0.15) is 0 Å². The summed E-state index contributed by atoms with van der Waals surface area (Å²) in [6.45, 7) is 4.24. The maximum atomic E-state index is 11.1. The minimum atomic E-state index is -0.913. The summed E-state index contributed by atoms with van der Waals surface area (Å²) in [6.07, 6.45) is 0. The second kappa shape index (κ2) is 6.43. The van der Waals surface area contributed by atoms with Crippen LogP contribution < -0.4 is 9.47 Å². The van der Waals surface area contributed by atoms with E-state index in [2.05, 4.69) is 0 Å². The third kappa shape index (κ3) is 3.86. The van der Waals surface area contributed by atoms with Gasteiger partial charge in [0.05, 0.1) is 7.11 Å². The Morgan fingerprint density at radius 3 is 2.42 bits per heavy atom. The maximum Gasteiger partial charge on any atom is 0.323 e. The Bertz CT molecular complexity index is 431. The molecule has 5 nitrogen and oxygen atoms in total. The number of aliphatic carboxylic acids is 1. The van der Waals surface area contributed by atoms with Crippen molar-refractivity contribution in [2.75, 3.05) is 27.3 Å². The van der Waals surface area contributed by atoms with Crippen LogP contribution >= 0.6 is 0 Å². The first-order valence-electron chi connectivity index (χ1n) is 6.10. The number of ether oxygens (including phenoxy) is 2. The van der Waals surface area contributed by atoms with E-state index in [1.807, 2.05) is 24.3 Å². The molecule has 0 fully saturated rings. The second-order valence-corrected chi connectivity index (χ2v) is 4.79. The molecule has 1 rings (SSSR count). The molecular formula is C14H21NO4. The van der Waals surface area contributed by atoms with E-state index in [1.165, 1.54) is 0 Å². The van der Waals surface area contributed by atoms with E-state index in [0.717, 1.165) is 0 Å². The zero-order valence-corrected chi connectivity index (χ0v) is 11.8. The molecule has 1 N–H and O–H groups in total. The molecule has 0 amide bonds. The van der Waals surface area contributed by atoms with Gasteiger partial charge in [-0.15, -0.1) is 0 Å². The molecule has 0 aromatic heterocycles. The molecule has 1 aromatic rings. The molecule has 0 atom stereocenters. The fraction of sp³-hybridized carbons (Fsp3) is 0.500. The van der Waals surface area contributed by atoms with Gasteiger partial charge in [0.15, 0.2) is 11.5 Å². The molecule has 19 heavy (non-hydrogen) atoms. The highest BCUT2D eigenvalue weighted by Gasteiger charge is 2.31. The van der Waals surface area contributed by atoms with Gasteiger partial charge in [-0.3, -0.25) is 9.69 Å². The summed E-state index contributed by atoms with van der Waals surface area (Å²) in [5.74, 6) is 0.474. The summed E-state index contributed by atoms with van der Waals surface area (Å²) in [5.41, 5.74) is -0.913. The van der Waals surface area contributed by atoms with Crippen LogP contribution in [-0.2, 0) is 4.79 Å². The Balaban J connectivity index is 2.53. The number of carbonyl (C=O) groups is 1. The van der Waals surface area contributed by atoms with Crippen molar-refractivity contribution in [3.05, 3.63) is 24.3 Å². The summed E-state index contributed by atoms with van der Waals surface area (Å²) < 4.78 is 10.8. The Labute approximate surface area is 113 Å². The van der Waals surface area contributed by atoms with Crippen LogP contribution in [0.5, 0.6) is 11.5 Å². The van der Waals surface area contributed by atoms with Gasteiger partial charge in [-0.25, -0.2) is 0 Å². The first-order chi connectivity index (χ1) is 8.89.